The molecule has 1 unspecified atom stereocenters. The van der Waals surface area contributed by atoms with Gasteiger partial charge in [0.2, 0.25) is 11.8 Å². The van der Waals surface area contributed by atoms with Gasteiger partial charge in [0.05, 0.1) is 0 Å². The van der Waals surface area contributed by atoms with Crippen molar-refractivity contribution in [2.45, 2.75) is 77.6 Å². The third-order valence-corrected chi connectivity index (χ3v) is 6.49. The van der Waals surface area contributed by atoms with Crippen LogP contribution in [-0.2, 0) is 9.59 Å². The zero-order chi connectivity index (χ0) is 17.0. The smallest absolute Gasteiger partial charge is 0.225 e. The van der Waals surface area contributed by atoms with E-state index < -0.39 is 0 Å². The summed E-state index contributed by atoms with van der Waals surface area (Å²) in [7, 11) is 0. The van der Waals surface area contributed by atoms with Crippen molar-refractivity contribution in [3.8, 4) is 0 Å². The standard InChI is InChI=1S/C20H34N2O2/c1-20(14-21-18(23)16-8-4-2-5-9-16)12-13-22(15-20)19(24)17-10-6-3-7-11-17/h16-17H,2-15H2,1H3,(H,21,23). The second-order valence-electron chi connectivity index (χ2n) is 8.71. The van der Waals surface area contributed by atoms with Gasteiger partial charge in [0.15, 0.2) is 0 Å². The van der Waals surface area contributed by atoms with E-state index in [9.17, 15) is 9.59 Å². The van der Waals surface area contributed by atoms with Crippen LogP contribution in [0, 0.1) is 17.3 Å². The van der Waals surface area contributed by atoms with Gasteiger partial charge in [-0.3, -0.25) is 9.59 Å². The fourth-order valence-corrected chi connectivity index (χ4v) is 4.77. The minimum Gasteiger partial charge on any atom is -0.355 e. The maximum Gasteiger partial charge on any atom is 0.225 e. The monoisotopic (exact) mass is 334 g/mol. The minimum absolute atomic E-state index is 0.0503. The van der Waals surface area contributed by atoms with Crippen molar-refractivity contribution in [3.05, 3.63) is 0 Å². The largest absolute Gasteiger partial charge is 0.355 e. The van der Waals surface area contributed by atoms with Gasteiger partial charge < -0.3 is 10.2 Å². The zero-order valence-electron chi connectivity index (χ0n) is 15.3. The Labute approximate surface area is 146 Å². The highest BCUT2D eigenvalue weighted by Gasteiger charge is 2.38. The number of carbonyl (C=O) groups is 2. The molecule has 4 heteroatoms. The molecule has 136 valence electrons. The van der Waals surface area contributed by atoms with Crippen LogP contribution in [0.4, 0.5) is 0 Å². The SMILES string of the molecule is CC1(CNC(=O)C2CCCCC2)CCN(C(=O)C2CCCCC2)C1. The fraction of sp³-hybridized carbons (Fsp3) is 0.900. The van der Waals surface area contributed by atoms with Crippen molar-refractivity contribution in [1.29, 1.82) is 0 Å². The number of nitrogens with one attached hydrogen (secondary N) is 1. The Balaban J connectivity index is 1.46. The van der Waals surface area contributed by atoms with Crippen molar-refractivity contribution in [2.24, 2.45) is 17.3 Å². The number of nitrogens with zero attached hydrogens (tertiary/aromatic N) is 1. The van der Waals surface area contributed by atoms with E-state index in [0.717, 1.165) is 51.7 Å². The summed E-state index contributed by atoms with van der Waals surface area (Å²) in [4.78, 5) is 27.2. The number of amides is 2. The molecule has 0 radical (unpaired) electrons. The fourth-order valence-electron chi connectivity index (χ4n) is 4.77. The van der Waals surface area contributed by atoms with Crippen molar-refractivity contribution in [3.63, 3.8) is 0 Å². The average Bonchev–Trinajstić information content (AvgIpc) is 3.03. The molecule has 0 aromatic carbocycles. The molecule has 3 aliphatic rings. The lowest BCUT2D eigenvalue weighted by atomic mass is 9.86. The van der Waals surface area contributed by atoms with Crippen LogP contribution in [0.5, 0.6) is 0 Å². The Hall–Kier alpha value is -1.06. The Morgan fingerprint density at radius 1 is 0.958 bits per heavy atom. The van der Waals surface area contributed by atoms with E-state index in [1.165, 1.54) is 38.5 Å². The van der Waals surface area contributed by atoms with Crippen LogP contribution in [0.3, 0.4) is 0 Å². The maximum atomic E-state index is 12.7. The molecule has 3 rings (SSSR count). The number of rotatable bonds is 4. The van der Waals surface area contributed by atoms with Crippen LogP contribution >= 0.6 is 0 Å². The molecule has 1 N–H and O–H groups in total. The molecule has 3 fully saturated rings. The zero-order valence-corrected chi connectivity index (χ0v) is 15.3. The van der Waals surface area contributed by atoms with Crippen LogP contribution < -0.4 is 5.32 Å². The summed E-state index contributed by atoms with van der Waals surface area (Å²) >= 11 is 0. The van der Waals surface area contributed by atoms with Gasteiger partial charge in [-0.1, -0.05) is 45.4 Å². The summed E-state index contributed by atoms with van der Waals surface area (Å²) in [5.74, 6) is 1.10. The van der Waals surface area contributed by atoms with Crippen LogP contribution in [-0.4, -0.2) is 36.3 Å². The molecular formula is C20H34N2O2. The first-order valence-corrected chi connectivity index (χ1v) is 10.1. The van der Waals surface area contributed by atoms with E-state index in [-0.39, 0.29) is 23.2 Å². The van der Waals surface area contributed by atoms with E-state index in [1.807, 2.05) is 0 Å². The predicted molar refractivity (Wildman–Crippen MR) is 95.5 cm³/mol. The second-order valence-corrected chi connectivity index (χ2v) is 8.71. The highest BCUT2D eigenvalue weighted by Crippen LogP contribution is 2.33. The van der Waals surface area contributed by atoms with E-state index >= 15 is 0 Å². The molecule has 1 heterocycles. The van der Waals surface area contributed by atoms with Gasteiger partial charge in [-0.05, 0) is 32.1 Å². The molecule has 24 heavy (non-hydrogen) atoms. The molecule has 0 bridgehead atoms. The lowest BCUT2D eigenvalue weighted by molar-refractivity contribution is -0.135. The molecule has 1 saturated heterocycles. The van der Waals surface area contributed by atoms with E-state index in [2.05, 4.69) is 17.1 Å². The summed E-state index contributed by atoms with van der Waals surface area (Å²) in [6, 6.07) is 0. The Morgan fingerprint density at radius 2 is 1.54 bits per heavy atom. The lowest BCUT2D eigenvalue weighted by Crippen LogP contribution is -2.42. The molecular weight excluding hydrogens is 300 g/mol. The van der Waals surface area contributed by atoms with Gasteiger partial charge in [0, 0.05) is 36.9 Å². The summed E-state index contributed by atoms with van der Waals surface area (Å²) in [5, 5.41) is 3.20. The summed E-state index contributed by atoms with van der Waals surface area (Å²) in [5.41, 5.74) is 0.0503. The second kappa shape index (κ2) is 7.88. The molecule has 2 saturated carbocycles. The molecule has 0 spiro atoms. The van der Waals surface area contributed by atoms with Crippen molar-refractivity contribution in [2.75, 3.05) is 19.6 Å². The van der Waals surface area contributed by atoms with E-state index in [0.29, 0.717) is 5.91 Å². The number of hydrogen-bond donors (Lipinski definition) is 1. The summed E-state index contributed by atoms with van der Waals surface area (Å²) in [6.45, 7) is 4.62. The van der Waals surface area contributed by atoms with Crippen molar-refractivity contribution < 1.29 is 9.59 Å². The quantitative estimate of drug-likeness (QED) is 0.855. The van der Waals surface area contributed by atoms with E-state index in [4.69, 9.17) is 0 Å². The lowest BCUT2D eigenvalue weighted by Gasteiger charge is -2.29. The van der Waals surface area contributed by atoms with Crippen molar-refractivity contribution >= 4 is 11.8 Å². The first-order valence-electron chi connectivity index (χ1n) is 10.1. The molecule has 2 amide bonds. The average molecular weight is 335 g/mol. The molecule has 0 aromatic heterocycles. The first kappa shape index (κ1) is 17.8. The molecule has 1 aliphatic heterocycles. The molecule has 4 nitrogen and oxygen atoms in total. The van der Waals surface area contributed by atoms with Gasteiger partial charge >= 0.3 is 0 Å². The van der Waals surface area contributed by atoms with Gasteiger partial charge in [0.25, 0.3) is 0 Å². The minimum atomic E-state index is 0.0503. The molecule has 0 aromatic rings. The van der Waals surface area contributed by atoms with Crippen molar-refractivity contribution in [1.82, 2.24) is 10.2 Å². The molecule has 2 aliphatic carbocycles. The number of likely N-dealkylation sites (tertiary alicyclic amines) is 1. The topological polar surface area (TPSA) is 49.4 Å². The van der Waals surface area contributed by atoms with Gasteiger partial charge in [-0.25, -0.2) is 0 Å². The Bertz CT molecular complexity index is 453. The van der Waals surface area contributed by atoms with Crippen LogP contribution in [0.1, 0.15) is 77.6 Å². The van der Waals surface area contributed by atoms with Gasteiger partial charge in [0.1, 0.15) is 0 Å². The van der Waals surface area contributed by atoms with Crippen LogP contribution in [0.15, 0.2) is 0 Å². The van der Waals surface area contributed by atoms with Crippen LogP contribution in [0.2, 0.25) is 0 Å². The highest BCUT2D eigenvalue weighted by atomic mass is 16.2. The molecule has 1 atom stereocenters. The Kier molecular flexibility index (Phi) is 5.83. The van der Waals surface area contributed by atoms with Gasteiger partial charge in [-0.2, -0.15) is 0 Å². The predicted octanol–water partition coefficient (Wildman–Crippen LogP) is 3.50. The first-order chi connectivity index (χ1) is 11.6. The third-order valence-electron chi connectivity index (χ3n) is 6.49. The number of hydrogen-bond acceptors (Lipinski definition) is 2. The highest BCUT2D eigenvalue weighted by molar-refractivity contribution is 5.80. The number of carbonyl (C=O) groups excluding carboxylic acids is 2. The van der Waals surface area contributed by atoms with E-state index in [1.54, 1.807) is 0 Å². The maximum absolute atomic E-state index is 12.7. The van der Waals surface area contributed by atoms with Crippen LogP contribution in [0.25, 0.3) is 0 Å². The van der Waals surface area contributed by atoms with Gasteiger partial charge in [-0.15, -0.1) is 0 Å². The summed E-state index contributed by atoms with van der Waals surface area (Å²) in [6.07, 6.45) is 12.6. The third kappa shape index (κ3) is 4.31. The normalized spacial score (nSPS) is 29.6. The summed E-state index contributed by atoms with van der Waals surface area (Å²) < 4.78 is 0. The Morgan fingerprint density at radius 3 is 2.17 bits per heavy atom.